The van der Waals surface area contributed by atoms with Crippen LogP contribution in [0.3, 0.4) is 0 Å². The van der Waals surface area contributed by atoms with Crippen LogP contribution < -0.4 is 15.8 Å². The summed E-state index contributed by atoms with van der Waals surface area (Å²) in [7, 11) is -0.799. The molecule has 1 rings (SSSR count). The van der Waals surface area contributed by atoms with Gasteiger partial charge in [-0.2, -0.15) is 15.0 Å². The number of nitrogen functional groups attached to an aromatic ring is 1. The Balaban J connectivity index is 2.62. The number of hydrogen-bond acceptors (Lipinski definition) is 7. The molecule has 0 saturated carbocycles. The monoisotopic (exact) mass is 273 g/mol. The van der Waals surface area contributed by atoms with E-state index in [0.717, 1.165) is 6.42 Å². The zero-order valence-electron chi connectivity index (χ0n) is 10.8. The highest BCUT2D eigenvalue weighted by Crippen LogP contribution is 2.10. The molecule has 0 aliphatic rings. The maximum Gasteiger partial charge on any atom is 0.323 e. The molecule has 0 bridgehead atoms. The Morgan fingerprint density at radius 2 is 2.17 bits per heavy atom. The van der Waals surface area contributed by atoms with E-state index in [1.807, 2.05) is 13.8 Å². The van der Waals surface area contributed by atoms with Gasteiger partial charge in [0, 0.05) is 28.9 Å². The third-order valence-electron chi connectivity index (χ3n) is 2.12. The quantitative estimate of drug-likeness (QED) is 0.742. The van der Waals surface area contributed by atoms with Crippen molar-refractivity contribution in [3.05, 3.63) is 0 Å². The number of nitrogens with one attached hydrogen (secondary N) is 1. The molecule has 0 saturated heterocycles. The van der Waals surface area contributed by atoms with Gasteiger partial charge in [-0.15, -0.1) is 0 Å². The van der Waals surface area contributed by atoms with Gasteiger partial charge in [0.15, 0.2) is 0 Å². The van der Waals surface area contributed by atoms with Crippen molar-refractivity contribution in [2.45, 2.75) is 26.3 Å². The summed E-state index contributed by atoms with van der Waals surface area (Å²) in [4.78, 5) is 11.9. The minimum atomic E-state index is -0.799. The molecule has 0 aliphatic heterocycles. The summed E-state index contributed by atoms with van der Waals surface area (Å²) in [6.07, 6.45) is 2.44. The highest BCUT2D eigenvalue weighted by Gasteiger charge is 2.08. The van der Waals surface area contributed by atoms with E-state index in [4.69, 9.17) is 10.5 Å². The molecular formula is C10H19N5O2S. The van der Waals surface area contributed by atoms with Crippen molar-refractivity contribution in [1.29, 1.82) is 0 Å². The van der Waals surface area contributed by atoms with Crippen LogP contribution in [-0.2, 0) is 10.8 Å². The summed E-state index contributed by atoms with van der Waals surface area (Å²) in [5.41, 5.74) is 5.56. The van der Waals surface area contributed by atoms with Gasteiger partial charge in [0.2, 0.25) is 11.9 Å². The normalized spacial score (nSPS) is 13.9. The second-order valence-corrected chi connectivity index (χ2v) is 5.40. The molecule has 2 unspecified atom stereocenters. The zero-order valence-corrected chi connectivity index (χ0v) is 11.7. The Kier molecular flexibility index (Phi) is 5.76. The summed E-state index contributed by atoms with van der Waals surface area (Å²) >= 11 is 0. The van der Waals surface area contributed by atoms with Crippen LogP contribution in [-0.4, -0.2) is 43.8 Å². The van der Waals surface area contributed by atoms with Gasteiger partial charge in [-0.1, -0.05) is 0 Å². The predicted molar refractivity (Wildman–Crippen MR) is 72.0 cm³/mol. The Morgan fingerprint density at radius 3 is 2.78 bits per heavy atom. The van der Waals surface area contributed by atoms with E-state index >= 15 is 0 Å². The van der Waals surface area contributed by atoms with Crippen LogP contribution in [0.25, 0.3) is 0 Å². The number of ether oxygens (including phenoxy) is 1. The highest BCUT2D eigenvalue weighted by molar-refractivity contribution is 7.84. The molecule has 0 amide bonds. The van der Waals surface area contributed by atoms with Crippen molar-refractivity contribution < 1.29 is 8.95 Å². The van der Waals surface area contributed by atoms with E-state index in [0.29, 0.717) is 18.3 Å². The van der Waals surface area contributed by atoms with Crippen molar-refractivity contribution >= 4 is 22.7 Å². The summed E-state index contributed by atoms with van der Waals surface area (Å²) in [5, 5.41) is 3.08. The minimum absolute atomic E-state index is 0.102. The zero-order chi connectivity index (χ0) is 13.5. The second kappa shape index (κ2) is 7.10. The summed E-state index contributed by atoms with van der Waals surface area (Å²) in [6, 6.07) is 0.309. The molecule has 1 aromatic heterocycles. The van der Waals surface area contributed by atoms with Gasteiger partial charge in [0.05, 0.1) is 6.61 Å². The molecule has 2 atom stereocenters. The largest absolute Gasteiger partial charge is 0.464 e. The molecule has 7 nitrogen and oxygen atoms in total. The number of hydrogen-bond donors (Lipinski definition) is 2. The molecule has 0 radical (unpaired) electrons. The molecule has 0 fully saturated rings. The maximum atomic E-state index is 11.0. The van der Waals surface area contributed by atoms with E-state index in [1.165, 1.54) is 0 Å². The number of anilines is 2. The topological polar surface area (TPSA) is 103 Å². The Labute approximate surface area is 109 Å². The minimum Gasteiger partial charge on any atom is -0.464 e. The first kappa shape index (κ1) is 14.6. The molecule has 1 aromatic rings. The highest BCUT2D eigenvalue weighted by atomic mass is 32.2. The molecule has 0 aromatic carbocycles. The van der Waals surface area contributed by atoms with Gasteiger partial charge >= 0.3 is 6.01 Å². The molecule has 8 heteroatoms. The van der Waals surface area contributed by atoms with Crippen LogP contribution in [0.2, 0.25) is 0 Å². The van der Waals surface area contributed by atoms with Crippen LogP contribution >= 0.6 is 0 Å². The van der Waals surface area contributed by atoms with Crippen molar-refractivity contribution in [2.75, 3.05) is 29.7 Å². The molecule has 3 N–H and O–H groups in total. The van der Waals surface area contributed by atoms with Crippen molar-refractivity contribution in [1.82, 2.24) is 15.0 Å². The van der Waals surface area contributed by atoms with E-state index < -0.39 is 10.8 Å². The van der Waals surface area contributed by atoms with Gasteiger partial charge in [-0.3, -0.25) is 4.21 Å². The Hall–Kier alpha value is -1.44. The van der Waals surface area contributed by atoms with E-state index in [-0.39, 0.29) is 18.0 Å². The molecule has 18 heavy (non-hydrogen) atoms. The lowest BCUT2D eigenvalue weighted by Crippen LogP contribution is -2.20. The lowest BCUT2D eigenvalue weighted by Gasteiger charge is -2.13. The van der Waals surface area contributed by atoms with Crippen LogP contribution in [0.15, 0.2) is 0 Å². The number of nitrogens with zero attached hydrogens (tertiary/aromatic N) is 3. The van der Waals surface area contributed by atoms with Crippen LogP contribution in [0.5, 0.6) is 6.01 Å². The second-order valence-electron chi connectivity index (χ2n) is 3.84. The summed E-state index contributed by atoms with van der Waals surface area (Å²) in [6.45, 7) is 4.27. The van der Waals surface area contributed by atoms with Gasteiger partial charge in [0.1, 0.15) is 0 Å². The first-order valence-corrected chi connectivity index (χ1v) is 7.45. The lowest BCUT2D eigenvalue weighted by atomic mass is 10.3. The fraction of sp³-hybridized carbons (Fsp3) is 0.700. The first-order chi connectivity index (χ1) is 8.51. The van der Waals surface area contributed by atoms with Gasteiger partial charge in [0.25, 0.3) is 0 Å². The van der Waals surface area contributed by atoms with Crippen LogP contribution in [0.4, 0.5) is 11.9 Å². The predicted octanol–water partition coefficient (Wildman–Crippen LogP) is 0.421. The Morgan fingerprint density at radius 1 is 1.44 bits per heavy atom. The van der Waals surface area contributed by atoms with Gasteiger partial charge in [-0.25, -0.2) is 0 Å². The van der Waals surface area contributed by atoms with Crippen molar-refractivity contribution in [3.63, 3.8) is 0 Å². The number of rotatable bonds is 7. The lowest BCUT2D eigenvalue weighted by molar-refractivity contribution is 0.312. The van der Waals surface area contributed by atoms with Gasteiger partial charge in [-0.05, 0) is 20.3 Å². The van der Waals surface area contributed by atoms with E-state index in [2.05, 4.69) is 20.3 Å². The third kappa shape index (κ3) is 5.26. The van der Waals surface area contributed by atoms with Crippen LogP contribution in [0.1, 0.15) is 20.3 Å². The molecule has 0 aliphatic carbocycles. The van der Waals surface area contributed by atoms with E-state index in [9.17, 15) is 4.21 Å². The molecule has 0 spiro atoms. The SMILES string of the molecule is CCOc1nc(N)nc(NC(C)CCS(C)=O)n1. The van der Waals surface area contributed by atoms with E-state index in [1.54, 1.807) is 6.26 Å². The third-order valence-corrected chi connectivity index (χ3v) is 2.93. The summed E-state index contributed by atoms with van der Waals surface area (Å²) in [5.74, 6) is 1.12. The maximum absolute atomic E-state index is 11.0. The average Bonchev–Trinajstić information content (AvgIpc) is 2.26. The first-order valence-electron chi connectivity index (χ1n) is 5.72. The average molecular weight is 273 g/mol. The fourth-order valence-corrected chi connectivity index (χ4v) is 1.95. The standard InChI is InChI=1S/C10H19N5O2S/c1-4-17-10-14-8(11)13-9(15-10)12-7(2)5-6-18(3)16/h7H,4-6H2,1-3H3,(H3,11,12,13,14,15). The number of nitrogens with two attached hydrogens (primary N) is 1. The summed E-state index contributed by atoms with van der Waals surface area (Å²) < 4.78 is 16.2. The van der Waals surface area contributed by atoms with Crippen LogP contribution in [0, 0.1) is 0 Å². The number of aromatic nitrogens is 3. The Bertz CT molecular complexity index is 415. The van der Waals surface area contributed by atoms with Gasteiger partial charge < -0.3 is 15.8 Å². The smallest absolute Gasteiger partial charge is 0.323 e. The molecule has 1 heterocycles. The fourth-order valence-electron chi connectivity index (χ4n) is 1.27. The van der Waals surface area contributed by atoms with Crippen molar-refractivity contribution in [2.24, 2.45) is 0 Å². The molecule has 102 valence electrons. The molecular weight excluding hydrogens is 254 g/mol. The van der Waals surface area contributed by atoms with Crippen molar-refractivity contribution in [3.8, 4) is 6.01 Å².